The van der Waals surface area contributed by atoms with Crippen LogP contribution in [0.3, 0.4) is 0 Å². The molecular weight excluding hydrogens is 510 g/mol. The fraction of sp³-hybridized carbons (Fsp3) is 0.406. The van der Waals surface area contributed by atoms with E-state index in [2.05, 4.69) is 92.8 Å². The van der Waals surface area contributed by atoms with Crippen molar-refractivity contribution in [1.82, 2.24) is 33.9 Å². The summed E-state index contributed by atoms with van der Waals surface area (Å²) in [5, 5.41) is 4.44. The number of piperazine rings is 1. The molecule has 3 aromatic heterocycles. The molecule has 2 aromatic carbocycles. The highest BCUT2D eigenvalue weighted by Gasteiger charge is 2.30. The molecule has 41 heavy (non-hydrogen) atoms. The number of nitrogens with one attached hydrogen (secondary N) is 1. The van der Waals surface area contributed by atoms with Crippen molar-refractivity contribution < 1.29 is 0 Å². The molecule has 4 heterocycles. The lowest BCUT2D eigenvalue weighted by Gasteiger charge is -2.41. The van der Waals surface area contributed by atoms with Gasteiger partial charge in [0.2, 0.25) is 5.95 Å². The average Bonchev–Trinajstić information content (AvgIpc) is 3.53. The summed E-state index contributed by atoms with van der Waals surface area (Å²) in [5.41, 5.74) is 13.9. The van der Waals surface area contributed by atoms with Gasteiger partial charge in [-0.15, -0.1) is 0 Å². The maximum absolute atomic E-state index is 6.47. The number of aryl methyl sites for hydroxylation is 2. The molecule has 0 atom stereocenters. The fourth-order valence-corrected chi connectivity index (χ4v) is 6.93. The van der Waals surface area contributed by atoms with Crippen LogP contribution in [0.25, 0.3) is 33.2 Å². The summed E-state index contributed by atoms with van der Waals surface area (Å²) in [6.45, 7) is 6.84. The number of benzene rings is 2. The van der Waals surface area contributed by atoms with Crippen LogP contribution < -0.4 is 11.1 Å². The van der Waals surface area contributed by atoms with E-state index in [-0.39, 0.29) is 0 Å². The molecule has 0 unspecified atom stereocenters. The fourth-order valence-electron chi connectivity index (χ4n) is 6.93. The summed E-state index contributed by atoms with van der Waals surface area (Å²) in [6, 6.07) is 15.8. The molecule has 9 heteroatoms. The molecule has 3 N–H and O–H groups in total. The summed E-state index contributed by atoms with van der Waals surface area (Å²) in [6.07, 6.45) is 8.62. The number of fused-ring (bicyclic) bond motifs is 2. The van der Waals surface area contributed by atoms with Crippen molar-refractivity contribution in [3.8, 4) is 11.1 Å². The van der Waals surface area contributed by atoms with Crippen molar-refractivity contribution >= 4 is 39.5 Å². The van der Waals surface area contributed by atoms with Gasteiger partial charge in [0, 0.05) is 62.8 Å². The normalized spacial score (nSPS) is 20.7. The first-order chi connectivity index (χ1) is 20.0. The number of nitrogen functional groups attached to an aromatic ring is 1. The van der Waals surface area contributed by atoms with E-state index in [1.807, 2.05) is 6.07 Å². The zero-order valence-corrected chi connectivity index (χ0v) is 24.2. The SMILES string of the molecule is Cc1cccc2nc(Nc3ccc(-c4cn([C@H]5CC[C@@H](N6CCN(C)CC6)CC5)c5ncnc(N)c45)cc3)n(C)c12. The van der Waals surface area contributed by atoms with Gasteiger partial charge >= 0.3 is 0 Å². The Morgan fingerprint density at radius 1 is 0.878 bits per heavy atom. The first kappa shape index (κ1) is 26.0. The molecule has 2 aliphatic rings. The van der Waals surface area contributed by atoms with Gasteiger partial charge in [-0.3, -0.25) is 4.90 Å². The van der Waals surface area contributed by atoms with E-state index < -0.39 is 0 Å². The molecule has 0 radical (unpaired) electrons. The van der Waals surface area contributed by atoms with Gasteiger partial charge in [0.05, 0.1) is 16.4 Å². The minimum Gasteiger partial charge on any atom is -0.383 e. The minimum atomic E-state index is 0.422. The van der Waals surface area contributed by atoms with Crippen LogP contribution in [0.2, 0.25) is 0 Å². The minimum absolute atomic E-state index is 0.422. The van der Waals surface area contributed by atoms with Crippen LogP contribution in [0.5, 0.6) is 0 Å². The van der Waals surface area contributed by atoms with Crippen molar-refractivity contribution in [2.45, 2.75) is 44.7 Å². The predicted octanol–water partition coefficient (Wildman–Crippen LogP) is 5.35. The Hall–Kier alpha value is -3.95. The number of anilines is 3. The number of hydrogen-bond acceptors (Lipinski definition) is 7. The Morgan fingerprint density at radius 2 is 1.61 bits per heavy atom. The molecular formula is C32H39N9. The van der Waals surface area contributed by atoms with Crippen LogP contribution in [0.4, 0.5) is 17.5 Å². The van der Waals surface area contributed by atoms with Crippen LogP contribution in [0.15, 0.2) is 55.0 Å². The Labute approximate surface area is 241 Å². The molecule has 1 saturated heterocycles. The largest absolute Gasteiger partial charge is 0.383 e. The van der Waals surface area contributed by atoms with Crippen LogP contribution in [-0.2, 0) is 7.05 Å². The van der Waals surface area contributed by atoms with Gasteiger partial charge in [-0.1, -0.05) is 24.3 Å². The molecule has 1 saturated carbocycles. The van der Waals surface area contributed by atoms with Crippen LogP contribution in [0, 0.1) is 6.92 Å². The van der Waals surface area contributed by atoms with Crippen LogP contribution in [-0.4, -0.2) is 73.2 Å². The Kier molecular flexibility index (Phi) is 6.63. The second-order valence-corrected chi connectivity index (χ2v) is 11.8. The molecule has 0 amide bonds. The molecule has 9 nitrogen and oxygen atoms in total. The first-order valence-corrected chi connectivity index (χ1v) is 14.8. The lowest BCUT2D eigenvalue weighted by Crippen LogP contribution is -2.49. The van der Waals surface area contributed by atoms with E-state index in [1.165, 1.54) is 44.6 Å². The maximum atomic E-state index is 6.47. The van der Waals surface area contributed by atoms with Crippen LogP contribution >= 0.6 is 0 Å². The van der Waals surface area contributed by atoms with Gasteiger partial charge in [-0.2, -0.15) is 0 Å². The number of likely N-dealkylation sites (N-methyl/N-ethyl adjacent to an activating group) is 1. The first-order valence-electron chi connectivity index (χ1n) is 14.8. The Morgan fingerprint density at radius 3 is 2.34 bits per heavy atom. The van der Waals surface area contributed by atoms with Gasteiger partial charge in [-0.25, -0.2) is 15.0 Å². The third kappa shape index (κ3) is 4.73. The van der Waals surface area contributed by atoms with Crippen molar-refractivity contribution in [2.24, 2.45) is 7.05 Å². The van der Waals surface area contributed by atoms with Gasteiger partial charge in [0.15, 0.2) is 0 Å². The molecule has 1 aliphatic carbocycles. The zero-order valence-electron chi connectivity index (χ0n) is 24.2. The number of aromatic nitrogens is 5. The quantitative estimate of drug-likeness (QED) is 0.305. The number of para-hydroxylation sites is 1. The second-order valence-electron chi connectivity index (χ2n) is 11.8. The molecule has 212 valence electrons. The van der Waals surface area contributed by atoms with Gasteiger partial charge in [-0.05, 0) is 69.0 Å². The molecule has 1 aliphatic heterocycles. The topological polar surface area (TPSA) is 93.1 Å². The van der Waals surface area contributed by atoms with Gasteiger partial charge < -0.3 is 25.1 Å². The lowest BCUT2D eigenvalue weighted by atomic mass is 9.89. The van der Waals surface area contributed by atoms with Crippen molar-refractivity contribution in [1.29, 1.82) is 0 Å². The Balaban J connectivity index is 1.13. The predicted molar refractivity (Wildman–Crippen MR) is 166 cm³/mol. The smallest absolute Gasteiger partial charge is 0.208 e. The average molecular weight is 550 g/mol. The highest BCUT2D eigenvalue weighted by molar-refractivity contribution is 6.00. The van der Waals surface area contributed by atoms with Crippen molar-refractivity contribution in [3.05, 3.63) is 60.6 Å². The van der Waals surface area contributed by atoms with Crippen LogP contribution in [0.1, 0.15) is 37.3 Å². The van der Waals surface area contributed by atoms with E-state index in [4.69, 9.17) is 15.7 Å². The number of hydrogen-bond donors (Lipinski definition) is 2. The summed E-state index contributed by atoms with van der Waals surface area (Å²) < 4.78 is 4.49. The standard InChI is InChI=1S/C32H39N9/c1-21-5-4-6-27-29(21)39(3)32(37-27)36-23-9-7-22(8-10-23)26-19-41(31-28(26)30(33)34-20-35-31)25-13-11-24(12-14-25)40-17-15-38(2)16-18-40/h4-10,19-20,24-25H,11-18H2,1-3H3,(H,36,37)(H2,33,34,35)/t24-,25+. The van der Waals surface area contributed by atoms with E-state index in [1.54, 1.807) is 6.33 Å². The van der Waals surface area contributed by atoms with E-state index in [0.29, 0.717) is 17.9 Å². The highest BCUT2D eigenvalue weighted by Crippen LogP contribution is 2.39. The van der Waals surface area contributed by atoms with E-state index in [9.17, 15) is 0 Å². The van der Waals surface area contributed by atoms with E-state index >= 15 is 0 Å². The third-order valence-corrected chi connectivity index (χ3v) is 9.30. The zero-order chi connectivity index (χ0) is 28.1. The molecule has 0 bridgehead atoms. The second kappa shape index (κ2) is 10.5. The Bertz CT molecular complexity index is 1680. The van der Waals surface area contributed by atoms with E-state index in [0.717, 1.165) is 57.7 Å². The highest BCUT2D eigenvalue weighted by atomic mass is 15.3. The number of nitrogens with zero attached hydrogens (tertiary/aromatic N) is 7. The lowest BCUT2D eigenvalue weighted by molar-refractivity contribution is 0.0828. The molecule has 5 aromatic rings. The number of rotatable bonds is 5. The molecule has 0 spiro atoms. The van der Waals surface area contributed by atoms with Gasteiger partial charge in [0.25, 0.3) is 0 Å². The maximum Gasteiger partial charge on any atom is 0.208 e. The summed E-state index contributed by atoms with van der Waals surface area (Å²) in [4.78, 5) is 19.0. The number of nitrogens with two attached hydrogens (primary N) is 1. The summed E-state index contributed by atoms with van der Waals surface area (Å²) in [7, 11) is 4.28. The van der Waals surface area contributed by atoms with Crippen molar-refractivity contribution in [3.63, 3.8) is 0 Å². The molecule has 2 fully saturated rings. The molecule has 7 rings (SSSR count). The third-order valence-electron chi connectivity index (χ3n) is 9.30. The van der Waals surface area contributed by atoms with Crippen molar-refractivity contribution in [2.75, 3.05) is 44.3 Å². The summed E-state index contributed by atoms with van der Waals surface area (Å²) in [5.74, 6) is 1.36. The number of imidazole rings is 1. The van der Waals surface area contributed by atoms with Gasteiger partial charge in [0.1, 0.15) is 17.8 Å². The summed E-state index contributed by atoms with van der Waals surface area (Å²) >= 11 is 0. The monoisotopic (exact) mass is 549 g/mol.